The number of hydrogen-bond acceptors (Lipinski definition) is 3. The highest BCUT2D eigenvalue weighted by atomic mass is 32.1. The summed E-state index contributed by atoms with van der Waals surface area (Å²) in [6.45, 7) is 3.38. The Morgan fingerprint density at radius 3 is 1.67 bits per heavy atom. The quantitative estimate of drug-likeness (QED) is 0.340. The second-order valence-electron chi connectivity index (χ2n) is 0.981. The van der Waals surface area contributed by atoms with Crippen LogP contribution in [0.2, 0.25) is 0 Å². The third-order valence-electron chi connectivity index (χ3n) is 0.344. The van der Waals surface area contributed by atoms with Gasteiger partial charge in [0.1, 0.15) is 5.44 Å². The largest absolute Gasteiger partial charge is 0.382 e. The molecule has 0 rings (SSSR count). The number of hydrogen-bond donors (Lipinski definition) is 3. The Balaban J connectivity index is 2.99. The van der Waals surface area contributed by atoms with E-state index in [4.69, 9.17) is 5.11 Å². The number of aliphatic hydroxyl groups is 1. The molecular weight excluding hydrogens is 116 g/mol. The highest BCUT2D eigenvalue weighted by Crippen LogP contribution is 2.01. The summed E-state index contributed by atoms with van der Waals surface area (Å²) in [6.07, 6.45) is 0. The van der Waals surface area contributed by atoms with Gasteiger partial charge in [0, 0.05) is 5.25 Å². The molecule has 0 aliphatic rings. The molecule has 2 atom stereocenters. The minimum Gasteiger partial charge on any atom is -0.382 e. The van der Waals surface area contributed by atoms with Crippen molar-refractivity contribution in [2.45, 2.75) is 10.7 Å². The van der Waals surface area contributed by atoms with E-state index in [1.807, 2.05) is 0 Å². The van der Waals surface area contributed by atoms with E-state index in [2.05, 4.69) is 32.2 Å². The van der Waals surface area contributed by atoms with E-state index in [0.717, 1.165) is 0 Å². The fourth-order valence-corrected chi connectivity index (χ4v) is 0. The van der Waals surface area contributed by atoms with E-state index < -0.39 is 5.44 Å². The van der Waals surface area contributed by atoms with Crippen LogP contribution in [0.3, 0.4) is 0 Å². The Morgan fingerprint density at radius 1 is 1.50 bits per heavy atom. The Bertz CT molecular complexity index is 29.8. The minimum absolute atomic E-state index is 0.284. The summed E-state index contributed by atoms with van der Waals surface area (Å²) in [7, 11) is 0. The van der Waals surface area contributed by atoms with Crippen LogP contribution < -0.4 is 0 Å². The normalized spacial score (nSPS) is 20.0. The molecule has 0 aromatic carbocycles. The molecule has 3 heteroatoms. The first kappa shape index (κ1) is 6.66. The highest BCUT2D eigenvalue weighted by Gasteiger charge is 2.00. The van der Waals surface area contributed by atoms with E-state index in [9.17, 15) is 0 Å². The minimum atomic E-state index is -0.701. The topological polar surface area (TPSA) is 20.2 Å². The lowest BCUT2D eigenvalue weighted by Gasteiger charge is -2.02. The summed E-state index contributed by atoms with van der Waals surface area (Å²) in [4.78, 5) is 0. The van der Waals surface area contributed by atoms with Crippen molar-refractivity contribution in [2.24, 2.45) is 0 Å². The van der Waals surface area contributed by atoms with Crippen molar-refractivity contribution in [3.8, 4) is 0 Å². The van der Waals surface area contributed by atoms with Gasteiger partial charge in [-0.25, -0.2) is 0 Å². The zero-order chi connectivity index (χ0) is 5.15. The first-order valence-corrected chi connectivity index (χ1v) is 2.55. The monoisotopic (exact) mass is 123 g/mol. The Hall–Kier alpha value is 0.660. The summed E-state index contributed by atoms with van der Waals surface area (Å²) in [6, 6.07) is 0. The molecule has 1 radical (unpaired) electrons. The number of rotatable bonds is 1. The van der Waals surface area contributed by atoms with Gasteiger partial charge in [-0.2, -0.15) is 12.6 Å². The van der Waals surface area contributed by atoms with Crippen molar-refractivity contribution in [3.05, 3.63) is 6.92 Å². The molecule has 0 aromatic heterocycles. The molecule has 0 aliphatic carbocycles. The van der Waals surface area contributed by atoms with Crippen molar-refractivity contribution in [1.82, 2.24) is 0 Å². The second kappa shape index (κ2) is 2.77. The molecule has 0 saturated carbocycles. The summed E-state index contributed by atoms with van der Waals surface area (Å²) in [5.41, 5.74) is -0.701. The third kappa shape index (κ3) is 2.87. The molecular formula is C3H7OS2. The SMILES string of the molecule is [CH2]C(S)C(O)S. The summed E-state index contributed by atoms with van der Waals surface area (Å²) < 4.78 is 0. The molecule has 0 bridgehead atoms. The van der Waals surface area contributed by atoms with Crippen molar-refractivity contribution in [2.75, 3.05) is 0 Å². The van der Waals surface area contributed by atoms with Gasteiger partial charge < -0.3 is 5.11 Å². The van der Waals surface area contributed by atoms with Gasteiger partial charge in [0.2, 0.25) is 0 Å². The molecule has 0 spiro atoms. The molecule has 1 nitrogen and oxygen atoms in total. The average molecular weight is 123 g/mol. The van der Waals surface area contributed by atoms with Crippen LogP contribution in [0, 0.1) is 6.92 Å². The van der Waals surface area contributed by atoms with Crippen LogP contribution in [0.1, 0.15) is 0 Å². The average Bonchev–Trinajstić information content (AvgIpc) is 1.36. The van der Waals surface area contributed by atoms with E-state index in [1.54, 1.807) is 0 Å². The standard InChI is InChI=1S/C3H7OS2/c1-2(5)3(4)6/h2-6H,1H2. The van der Waals surface area contributed by atoms with E-state index in [-0.39, 0.29) is 5.25 Å². The molecule has 0 fully saturated rings. The van der Waals surface area contributed by atoms with Gasteiger partial charge in [-0.3, -0.25) is 0 Å². The lowest BCUT2D eigenvalue weighted by Crippen LogP contribution is -2.08. The van der Waals surface area contributed by atoms with Crippen LogP contribution in [0.5, 0.6) is 0 Å². The van der Waals surface area contributed by atoms with Crippen LogP contribution in [0.15, 0.2) is 0 Å². The molecule has 0 saturated heterocycles. The fraction of sp³-hybridized carbons (Fsp3) is 0.667. The van der Waals surface area contributed by atoms with Crippen LogP contribution in [-0.2, 0) is 0 Å². The summed E-state index contributed by atoms with van der Waals surface area (Å²) in [5.74, 6) is 0. The predicted molar refractivity (Wildman–Crippen MR) is 33.1 cm³/mol. The van der Waals surface area contributed by atoms with Crippen LogP contribution >= 0.6 is 25.3 Å². The molecule has 0 aromatic rings. The molecule has 37 valence electrons. The lowest BCUT2D eigenvalue weighted by atomic mass is 10.5. The molecule has 0 amide bonds. The highest BCUT2D eigenvalue weighted by molar-refractivity contribution is 7.85. The van der Waals surface area contributed by atoms with Gasteiger partial charge in [0.15, 0.2) is 0 Å². The van der Waals surface area contributed by atoms with Crippen molar-refractivity contribution >= 4 is 25.3 Å². The maximum absolute atomic E-state index is 8.35. The molecule has 2 unspecified atom stereocenters. The Kier molecular flexibility index (Phi) is 3.08. The zero-order valence-corrected chi connectivity index (χ0v) is 4.99. The first-order chi connectivity index (χ1) is 2.64. The summed E-state index contributed by atoms with van der Waals surface area (Å²) in [5, 5.41) is 8.07. The van der Waals surface area contributed by atoms with Crippen LogP contribution in [-0.4, -0.2) is 15.8 Å². The van der Waals surface area contributed by atoms with E-state index in [1.165, 1.54) is 0 Å². The summed E-state index contributed by atoms with van der Waals surface area (Å²) >= 11 is 7.36. The molecule has 0 aliphatic heterocycles. The van der Waals surface area contributed by atoms with Gasteiger partial charge in [-0.05, 0) is 6.92 Å². The fourth-order valence-electron chi connectivity index (χ4n) is 0. The molecule has 6 heavy (non-hydrogen) atoms. The van der Waals surface area contributed by atoms with Crippen molar-refractivity contribution < 1.29 is 5.11 Å². The maximum Gasteiger partial charge on any atom is 0.108 e. The van der Waals surface area contributed by atoms with Crippen LogP contribution in [0.25, 0.3) is 0 Å². The van der Waals surface area contributed by atoms with Gasteiger partial charge in [0.25, 0.3) is 0 Å². The van der Waals surface area contributed by atoms with E-state index in [0.29, 0.717) is 0 Å². The Labute approximate surface area is 48.6 Å². The number of aliphatic hydroxyl groups excluding tert-OH is 1. The van der Waals surface area contributed by atoms with Gasteiger partial charge in [-0.15, -0.1) is 12.6 Å². The van der Waals surface area contributed by atoms with Crippen LogP contribution in [0.4, 0.5) is 0 Å². The maximum atomic E-state index is 8.35. The van der Waals surface area contributed by atoms with E-state index >= 15 is 0 Å². The Morgan fingerprint density at radius 2 is 1.67 bits per heavy atom. The van der Waals surface area contributed by atoms with Gasteiger partial charge in [-0.1, -0.05) is 0 Å². The molecule has 1 N–H and O–H groups in total. The second-order valence-corrected chi connectivity index (χ2v) is 2.17. The van der Waals surface area contributed by atoms with Crippen molar-refractivity contribution in [3.63, 3.8) is 0 Å². The van der Waals surface area contributed by atoms with Gasteiger partial charge >= 0.3 is 0 Å². The third-order valence-corrected chi connectivity index (χ3v) is 1.22. The zero-order valence-electron chi connectivity index (χ0n) is 3.20. The predicted octanol–water partition coefficient (Wildman–Crippen LogP) is 0.367. The lowest BCUT2D eigenvalue weighted by molar-refractivity contribution is 0.274. The number of thiol groups is 2. The smallest absolute Gasteiger partial charge is 0.108 e. The van der Waals surface area contributed by atoms with Crippen molar-refractivity contribution in [1.29, 1.82) is 0 Å². The first-order valence-electron chi connectivity index (χ1n) is 1.52. The van der Waals surface area contributed by atoms with Gasteiger partial charge in [0.05, 0.1) is 0 Å². The molecule has 0 heterocycles.